The van der Waals surface area contributed by atoms with E-state index < -0.39 is 0 Å². The maximum atomic E-state index is 5.01. The zero-order valence-electron chi connectivity index (χ0n) is 29.2. The molecule has 4 aromatic heterocycles. The summed E-state index contributed by atoms with van der Waals surface area (Å²) < 4.78 is 5.21. The van der Waals surface area contributed by atoms with Crippen LogP contribution < -0.4 is 0 Å². The van der Waals surface area contributed by atoms with Gasteiger partial charge in [0.05, 0.1) is 11.4 Å². The van der Waals surface area contributed by atoms with Gasteiger partial charge in [-0.05, 0) is 69.8 Å². The predicted molar refractivity (Wildman–Crippen MR) is 227 cm³/mol. The van der Waals surface area contributed by atoms with Crippen molar-refractivity contribution in [3.63, 3.8) is 0 Å². The third kappa shape index (κ3) is 4.69. The fourth-order valence-electron chi connectivity index (χ4n) is 8.44. The minimum atomic E-state index is -0.148. The van der Waals surface area contributed by atoms with Gasteiger partial charge in [-0.2, -0.15) is 0 Å². The van der Waals surface area contributed by atoms with Crippen LogP contribution in [0.5, 0.6) is 0 Å². The first-order chi connectivity index (χ1) is 26.0. The number of hydrogen-bond donors (Lipinski definition) is 0. The molecule has 0 saturated carbocycles. The molecule has 4 heterocycles. The number of thiophene rings is 2. The molecule has 0 N–H and O–H groups in total. The SMILES string of the molecule is CC1(C)c2cc(-c3ccc(-c4cccc5c4sc4ccccc45)nc3)ccc2-c2ccc(-c3ccc(-c4cccc5c4sc4ccccc45)nc3)cc21. The maximum absolute atomic E-state index is 5.01. The normalized spacial score (nSPS) is 13.2. The molecule has 0 fully saturated rings. The third-order valence-corrected chi connectivity index (χ3v) is 13.7. The van der Waals surface area contributed by atoms with E-state index in [0.29, 0.717) is 0 Å². The van der Waals surface area contributed by atoms with Crippen LogP contribution in [0.25, 0.3) is 96.2 Å². The highest BCUT2D eigenvalue weighted by atomic mass is 32.1. The lowest BCUT2D eigenvalue weighted by molar-refractivity contribution is 0.661. The largest absolute Gasteiger partial charge is 0.256 e. The lowest BCUT2D eigenvalue weighted by atomic mass is 9.81. The van der Waals surface area contributed by atoms with E-state index in [9.17, 15) is 0 Å². The van der Waals surface area contributed by atoms with Gasteiger partial charge in [-0.25, -0.2) is 0 Å². The molecular weight excluding hydrogens is 681 g/mol. The molecule has 0 spiro atoms. The van der Waals surface area contributed by atoms with E-state index >= 15 is 0 Å². The maximum Gasteiger partial charge on any atom is 0.0716 e. The average Bonchev–Trinajstić information content (AvgIpc) is 3.86. The van der Waals surface area contributed by atoms with Crippen molar-refractivity contribution in [2.45, 2.75) is 19.3 Å². The number of aromatic nitrogens is 2. The van der Waals surface area contributed by atoms with E-state index in [1.807, 2.05) is 35.1 Å². The molecule has 0 amide bonds. The summed E-state index contributed by atoms with van der Waals surface area (Å²) in [6.45, 7) is 4.70. The van der Waals surface area contributed by atoms with Gasteiger partial charge in [-0.1, -0.05) is 123 Å². The Morgan fingerprint density at radius 3 is 1.28 bits per heavy atom. The highest BCUT2D eigenvalue weighted by Crippen LogP contribution is 2.51. The van der Waals surface area contributed by atoms with Crippen LogP contribution >= 0.6 is 22.7 Å². The van der Waals surface area contributed by atoms with Gasteiger partial charge in [0, 0.05) is 80.4 Å². The summed E-state index contributed by atoms with van der Waals surface area (Å²) in [6.07, 6.45) is 4.07. The molecule has 250 valence electrons. The van der Waals surface area contributed by atoms with Crippen molar-refractivity contribution in [2.24, 2.45) is 0 Å². The van der Waals surface area contributed by atoms with Crippen LogP contribution in [0, 0.1) is 0 Å². The lowest BCUT2D eigenvalue weighted by Gasteiger charge is -2.22. The number of benzene rings is 6. The fourth-order valence-corrected chi connectivity index (χ4v) is 10.9. The molecule has 10 aromatic rings. The average molecular weight is 713 g/mol. The van der Waals surface area contributed by atoms with E-state index in [-0.39, 0.29) is 5.41 Å². The van der Waals surface area contributed by atoms with Gasteiger partial charge in [-0.15, -0.1) is 22.7 Å². The highest BCUT2D eigenvalue weighted by molar-refractivity contribution is 7.26. The number of nitrogens with zero attached hydrogens (tertiary/aromatic N) is 2. The summed E-state index contributed by atoms with van der Waals surface area (Å²) in [6, 6.07) is 53.1. The lowest BCUT2D eigenvalue weighted by Crippen LogP contribution is -2.15. The number of hydrogen-bond acceptors (Lipinski definition) is 4. The standard InChI is InChI=1S/C49H32N2S2/c1-49(2)41-25-29(31-19-23-43(50-27-31)39-13-7-11-37-35-9-3-5-15-45(35)52-47(37)39)17-21-33(41)34-22-18-30(26-42(34)49)32-20-24-44(51-28-32)40-14-8-12-38-36-10-4-6-16-46(36)53-48(38)40/h3-28H,1-2H3. The molecule has 11 rings (SSSR count). The van der Waals surface area contributed by atoms with Crippen molar-refractivity contribution in [2.75, 3.05) is 0 Å². The number of rotatable bonds is 4. The first kappa shape index (κ1) is 30.7. The minimum absolute atomic E-state index is 0.148. The van der Waals surface area contributed by atoms with Crippen molar-refractivity contribution in [1.82, 2.24) is 9.97 Å². The number of fused-ring (bicyclic) bond motifs is 9. The minimum Gasteiger partial charge on any atom is -0.256 e. The summed E-state index contributed by atoms with van der Waals surface area (Å²) in [5.74, 6) is 0. The van der Waals surface area contributed by atoms with Gasteiger partial charge < -0.3 is 0 Å². The zero-order chi connectivity index (χ0) is 35.3. The smallest absolute Gasteiger partial charge is 0.0716 e. The van der Waals surface area contributed by atoms with Gasteiger partial charge in [0.15, 0.2) is 0 Å². The molecule has 0 atom stereocenters. The third-order valence-electron chi connectivity index (χ3n) is 11.2. The van der Waals surface area contributed by atoms with Crippen molar-refractivity contribution in [1.29, 1.82) is 0 Å². The quantitative estimate of drug-likeness (QED) is 0.182. The van der Waals surface area contributed by atoms with Crippen LogP contribution in [0.3, 0.4) is 0 Å². The fraction of sp³-hybridized carbons (Fsp3) is 0.0612. The number of pyridine rings is 2. The molecule has 1 aliphatic rings. The summed E-state index contributed by atoms with van der Waals surface area (Å²) in [7, 11) is 0. The van der Waals surface area contributed by atoms with Crippen LogP contribution in [0.1, 0.15) is 25.0 Å². The second-order valence-corrected chi connectivity index (χ2v) is 16.7. The second kappa shape index (κ2) is 11.5. The van der Waals surface area contributed by atoms with E-state index in [4.69, 9.17) is 9.97 Å². The molecule has 0 bridgehead atoms. The van der Waals surface area contributed by atoms with Gasteiger partial charge >= 0.3 is 0 Å². The molecule has 1 aliphatic carbocycles. The Balaban J connectivity index is 0.898. The Kier molecular flexibility index (Phi) is 6.67. The Labute approximate surface area is 315 Å². The van der Waals surface area contributed by atoms with Crippen molar-refractivity contribution in [3.8, 4) is 55.9 Å². The first-order valence-corrected chi connectivity index (χ1v) is 19.7. The molecule has 2 nitrogen and oxygen atoms in total. The van der Waals surface area contributed by atoms with Gasteiger partial charge in [-0.3, -0.25) is 9.97 Å². The van der Waals surface area contributed by atoms with Crippen molar-refractivity contribution >= 4 is 63.0 Å². The molecule has 0 radical (unpaired) electrons. The summed E-state index contributed by atoms with van der Waals surface area (Å²) >= 11 is 3.70. The molecular formula is C49H32N2S2. The Hall–Kier alpha value is -5.94. The van der Waals surface area contributed by atoms with Gasteiger partial charge in [0.25, 0.3) is 0 Å². The molecule has 4 heteroatoms. The Morgan fingerprint density at radius 2 is 0.830 bits per heavy atom. The summed E-state index contributed by atoms with van der Waals surface area (Å²) in [4.78, 5) is 10.0. The monoisotopic (exact) mass is 712 g/mol. The highest BCUT2D eigenvalue weighted by Gasteiger charge is 2.36. The van der Waals surface area contributed by atoms with Crippen LogP contribution in [0.4, 0.5) is 0 Å². The second-order valence-electron chi connectivity index (χ2n) is 14.6. The van der Waals surface area contributed by atoms with Crippen LogP contribution in [0.15, 0.2) is 158 Å². The molecule has 0 unspecified atom stereocenters. The van der Waals surface area contributed by atoms with Crippen LogP contribution in [0.2, 0.25) is 0 Å². The van der Waals surface area contributed by atoms with Crippen molar-refractivity contribution in [3.05, 3.63) is 169 Å². The zero-order valence-corrected chi connectivity index (χ0v) is 30.9. The van der Waals surface area contributed by atoms with E-state index in [2.05, 4.69) is 159 Å². The van der Waals surface area contributed by atoms with Gasteiger partial charge in [0.1, 0.15) is 0 Å². The first-order valence-electron chi connectivity index (χ1n) is 18.0. The molecule has 53 heavy (non-hydrogen) atoms. The molecule has 0 saturated heterocycles. The van der Waals surface area contributed by atoms with E-state index in [1.165, 1.54) is 84.9 Å². The van der Waals surface area contributed by atoms with Crippen LogP contribution in [-0.4, -0.2) is 9.97 Å². The summed E-state index contributed by atoms with van der Waals surface area (Å²) in [5.41, 5.74) is 14.2. The van der Waals surface area contributed by atoms with E-state index in [0.717, 1.165) is 22.5 Å². The van der Waals surface area contributed by atoms with Crippen molar-refractivity contribution < 1.29 is 0 Å². The van der Waals surface area contributed by atoms with Crippen LogP contribution in [-0.2, 0) is 5.41 Å². The summed E-state index contributed by atoms with van der Waals surface area (Å²) in [5, 5.41) is 5.22. The Morgan fingerprint density at radius 1 is 0.396 bits per heavy atom. The van der Waals surface area contributed by atoms with Gasteiger partial charge in [0.2, 0.25) is 0 Å². The molecule has 0 aliphatic heterocycles. The topological polar surface area (TPSA) is 25.8 Å². The predicted octanol–water partition coefficient (Wildman–Crippen LogP) is 14.2. The van der Waals surface area contributed by atoms with E-state index in [1.54, 1.807) is 0 Å². The molecule has 6 aromatic carbocycles. The Bertz CT molecular complexity index is 2860.